The number of aromatic carboxylic acids is 1. The molecule has 17 heavy (non-hydrogen) atoms. The van der Waals surface area contributed by atoms with Crippen LogP contribution in [0.1, 0.15) is 24.2 Å². The summed E-state index contributed by atoms with van der Waals surface area (Å²) in [6.07, 6.45) is 0. The van der Waals surface area contributed by atoms with Gasteiger partial charge in [-0.3, -0.25) is 4.98 Å². The molecule has 0 aliphatic heterocycles. The van der Waals surface area contributed by atoms with E-state index in [1.807, 2.05) is 13.8 Å². The minimum Gasteiger partial charge on any atom is -0.478 e. The highest BCUT2D eigenvalue weighted by molar-refractivity contribution is 5.92. The smallest absolute Gasteiger partial charge is 0.419 e. The number of benzene rings is 1. The molecule has 2 rings (SSSR count). The molecule has 6 heteroatoms. The average Bonchev–Trinajstić information content (AvgIpc) is 2.30. The third-order valence-electron chi connectivity index (χ3n) is 1.91. The van der Waals surface area contributed by atoms with E-state index in [0.717, 1.165) is 0 Å². The van der Waals surface area contributed by atoms with Crippen LogP contribution < -0.4 is 11.4 Å². The molecular formula is C11H11NO5. The molecule has 0 bridgehead atoms. The summed E-state index contributed by atoms with van der Waals surface area (Å²) < 4.78 is 4.28. The van der Waals surface area contributed by atoms with E-state index in [1.165, 1.54) is 18.2 Å². The van der Waals surface area contributed by atoms with Gasteiger partial charge in [-0.15, -0.1) is 0 Å². The van der Waals surface area contributed by atoms with Crippen LogP contribution in [-0.4, -0.2) is 16.1 Å². The second kappa shape index (κ2) is 5.11. The first-order valence-corrected chi connectivity index (χ1v) is 4.98. The zero-order valence-corrected chi connectivity index (χ0v) is 9.31. The largest absolute Gasteiger partial charge is 0.478 e. The Bertz CT molecular complexity index is 653. The number of rotatable bonds is 1. The monoisotopic (exact) mass is 237 g/mol. The van der Waals surface area contributed by atoms with Crippen molar-refractivity contribution in [2.45, 2.75) is 13.8 Å². The van der Waals surface area contributed by atoms with Gasteiger partial charge in [-0.25, -0.2) is 14.4 Å². The fraction of sp³-hybridized carbons (Fsp3) is 0.182. The Labute approximate surface area is 95.5 Å². The minimum absolute atomic E-state index is 0.0104. The van der Waals surface area contributed by atoms with Crippen molar-refractivity contribution in [3.05, 3.63) is 44.7 Å². The molecule has 0 aliphatic rings. The summed E-state index contributed by atoms with van der Waals surface area (Å²) in [6.45, 7) is 4.00. The first kappa shape index (κ1) is 12.7. The zero-order chi connectivity index (χ0) is 13.0. The van der Waals surface area contributed by atoms with Crippen LogP contribution in [0.4, 0.5) is 0 Å². The third-order valence-corrected chi connectivity index (χ3v) is 1.91. The summed E-state index contributed by atoms with van der Waals surface area (Å²) >= 11 is 0. The van der Waals surface area contributed by atoms with Gasteiger partial charge in [0.2, 0.25) is 0 Å². The van der Waals surface area contributed by atoms with Gasteiger partial charge in [0.15, 0.2) is 0 Å². The highest BCUT2D eigenvalue weighted by Gasteiger charge is 2.07. The Morgan fingerprint density at radius 2 is 1.94 bits per heavy atom. The molecule has 6 nitrogen and oxygen atoms in total. The molecule has 0 spiro atoms. The molecule has 1 aromatic heterocycles. The van der Waals surface area contributed by atoms with Crippen molar-refractivity contribution in [2.75, 3.05) is 0 Å². The standard InChI is InChI=1S/C9H5NO5.C2H6/c11-7(12)4-1-2-5-6(3-4)10-9(14)15-8(5)13;1-2/h1-3H,(H,10,14)(H,11,12);1-2H3. The summed E-state index contributed by atoms with van der Waals surface area (Å²) in [5, 5.41) is 8.83. The van der Waals surface area contributed by atoms with Gasteiger partial charge in [-0.2, -0.15) is 0 Å². The molecule has 0 amide bonds. The Morgan fingerprint density at radius 1 is 1.29 bits per heavy atom. The Balaban J connectivity index is 0.000000686. The van der Waals surface area contributed by atoms with Gasteiger partial charge >= 0.3 is 17.4 Å². The molecule has 0 radical (unpaired) electrons. The van der Waals surface area contributed by atoms with Crippen molar-refractivity contribution in [3.63, 3.8) is 0 Å². The quantitative estimate of drug-likeness (QED) is 0.776. The lowest BCUT2D eigenvalue weighted by Crippen LogP contribution is -2.14. The molecular weight excluding hydrogens is 226 g/mol. The van der Waals surface area contributed by atoms with Crippen molar-refractivity contribution in [3.8, 4) is 0 Å². The highest BCUT2D eigenvalue weighted by atomic mass is 16.4. The Kier molecular flexibility index (Phi) is 3.82. The van der Waals surface area contributed by atoms with Crippen molar-refractivity contribution in [1.82, 2.24) is 4.98 Å². The van der Waals surface area contributed by atoms with Gasteiger partial charge in [0.25, 0.3) is 0 Å². The molecule has 0 atom stereocenters. The number of aromatic nitrogens is 1. The normalized spacial score (nSPS) is 9.53. The first-order chi connectivity index (χ1) is 8.08. The van der Waals surface area contributed by atoms with E-state index >= 15 is 0 Å². The SMILES string of the molecule is CC.O=C(O)c1ccc2c(=O)oc(=O)[nH]c2c1. The van der Waals surface area contributed by atoms with Crippen molar-refractivity contribution in [1.29, 1.82) is 0 Å². The van der Waals surface area contributed by atoms with Crippen molar-refractivity contribution >= 4 is 16.9 Å². The Hall–Kier alpha value is -2.37. The van der Waals surface area contributed by atoms with Crippen LogP contribution in [0, 0.1) is 0 Å². The van der Waals surface area contributed by atoms with E-state index in [-0.39, 0.29) is 16.5 Å². The second-order valence-corrected chi connectivity index (χ2v) is 2.87. The van der Waals surface area contributed by atoms with E-state index in [2.05, 4.69) is 9.40 Å². The summed E-state index contributed by atoms with van der Waals surface area (Å²) in [5.74, 6) is -2.04. The number of fused-ring (bicyclic) bond motifs is 1. The van der Waals surface area contributed by atoms with Gasteiger partial charge in [-0.05, 0) is 18.2 Å². The van der Waals surface area contributed by atoms with Crippen molar-refractivity contribution in [2.24, 2.45) is 0 Å². The number of H-pyrrole nitrogens is 1. The number of aromatic amines is 1. The van der Waals surface area contributed by atoms with Crippen LogP contribution in [0.2, 0.25) is 0 Å². The third kappa shape index (κ3) is 2.60. The lowest BCUT2D eigenvalue weighted by Gasteiger charge is -1.96. The molecule has 0 saturated heterocycles. The van der Waals surface area contributed by atoms with Gasteiger partial charge in [0.1, 0.15) is 0 Å². The topological polar surface area (TPSA) is 100 Å². The van der Waals surface area contributed by atoms with Crippen molar-refractivity contribution < 1.29 is 14.3 Å². The summed E-state index contributed by atoms with van der Waals surface area (Å²) in [7, 11) is 0. The van der Waals surface area contributed by atoms with Crippen LogP contribution in [0.25, 0.3) is 10.9 Å². The van der Waals surface area contributed by atoms with Crippen LogP contribution in [0.3, 0.4) is 0 Å². The lowest BCUT2D eigenvalue weighted by atomic mass is 10.1. The first-order valence-electron chi connectivity index (χ1n) is 4.98. The van der Waals surface area contributed by atoms with E-state index in [0.29, 0.717) is 0 Å². The predicted molar refractivity (Wildman–Crippen MR) is 61.4 cm³/mol. The number of carbonyl (C=O) groups is 1. The fourth-order valence-electron chi connectivity index (χ4n) is 1.23. The Morgan fingerprint density at radius 3 is 2.53 bits per heavy atom. The van der Waals surface area contributed by atoms with E-state index in [9.17, 15) is 14.4 Å². The maximum atomic E-state index is 11.1. The van der Waals surface area contributed by atoms with Gasteiger partial charge in [0.05, 0.1) is 16.5 Å². The van der Waals surface area contributed by atoms with Crippen LogP contribution in [0.5, 0.6) is 0 Å². The molecule has 90 valence electrons. The van der Waals surface area contributed by atoms with Gasteiger partial charge < -0.3 is 9.52 Å². The molecule has 2 aromatic rings. The minimum atomic E-state index is -1.13. The van der Waals surface area contributed by atoms with Crippen LogP contribution >= 0.6 is 0 Å². The fourth-order valence-corrected chi connectivity index (χ4v) is 1.23. The van der Waals surface area contributed by atoms with E-state index < -0.39 is 17.4 Å². The predicted octanol–water partition coefficient (Wildman–Crippen LogP) is 1.21. The second-order valence-electron chi connectivity index (χ2n) is 2.87. The molecule has 1 aromatic carbocycles. The highest BCUT2D eigenvalue weighted by Crippen LogP contribution is 2.08. The maximum Gasteiger partial charge on any atom is 0.419 e. The number of hydrogen-bond acceptors (Lipinski definition) is 4. The molecule has 0 unspecified atom stereocenters. The van der Waals surface area contributed by atoms with Gasteiger partial charge in [-0.1, -0.05) is 13.8 Å². The van der Waals surface area contributed by atoms with Crippen LogP contribution in [0.15, 0.2) is 32.2 Å². The summed E-state index contributed by atoms with van der Waals surface area (Å²) in [6, 6.07) is 3.76. The zero-order valence-electron chi connectivity index (χ0n) is 9.31. The van der Waals surface area contributed by atoms with E-state index in [4.69, 9.17) is 5.11 Å². The van der Waals surface area contributed by atoms with Crippen LogP contribution in [-0.2, 0) is 0 Å². The molecule has 0 fully saturated rings. The molecule has 0 aliphatic carbocycles. The molecule has 0 saturated carbocycles. The number of hydrogen-bond donors (Lipinski definition) is 2. The lowest BCUT2D eigenvalue weighted by molar-refractivity contribution is 0.0697. The number of carboxylic acids is 1. The van der Waals surface area contributed by atoms with E-state index in [1.54, 1.807) is 0 Å². The molecule has 1 heterocycles. The average molecular weight is 237 g/mol. The number of carboxylic acid groups (broad SMARTS) is 1. The molecule has 2 N–H and O–H groups in total. The van der Waals surface area contributed by atoms with Gasteiger partial charge in [0, 0.05) is 0 Å². The maximum absolute atomic E-state index is 11.1. The summed E-state index contributed by atoms with van der Waals surface area (Å²) in [5.41, 5.74) is -0.648. The number of nitrogens with one attached hydrogen (secondary N) is 1. The summed E-state index contributed by atoms with van der Waals surface area (Å²) in [4.78, 5) is 34.8.